The average molecular weight is 206 g/mol. The van der Waals surface area contributed by atoms with Crippen LogP contribution in [0.3, 0.4) is 0 Å². The number of hydrogen-bond acceptors (Lipinski definition) is 5. The van der Waals surface area contributed by atoms with Crippen molar-refractivity contribution in [1.29, 1.82) is 0 Å². The molecule has 0 aliphatic rings. The molecule has 0 atom stereocenters. The van der Waals surface area contributed by atoms with E-state index in [1.165, 1.54) is 5.56 Å². The minimum absolute atomic E-state index is 0.216. The van der Waals surface area contributed by atoms with Gasteiger partial charge < -0.3 is 11.5 Å². The van der Waals surface area contributed by atoms with Gasteiger partial charge in [-0.05, 0) is 23.9 Å². The highest BCUT2D eigenvalue weighted by atomic mass is 32.1. The van der Waals surface area contributed by atoms with Crippen molar-refractivity contribution in [3.8, 4) is 10.6 Å². The zero-order valence-corrected chi connectivity index (χ0v) is 8.51. The molecule has 72 valence electrons. The number of aryl methyl sites for hydroxylation is 1. The fourth-order valence-electron chi connectivity index (χ4n) is 1.24. The topological polar surface area (TPSA) is 77.8 Å². The van der Waals surface area contributed by atoms with Gasteiger partial charge in [-0.15, -0.1) is 11.3 Å². The Kier molecular flexibility index (Phi) is 2.09. The van der Waals surface area contributed by atoms with Gasteiger partial charge in [-0.2, -0.15) is 4.98 Å². The van der Waals surface area contributed by atoms with Crippen LogP contribution in [0.2, 0.25) is 0 Å². The lowest BCUT2D eigenvalue weighted by molar-refractivity contribution is 1.20. The molecule has 0 bridgehead atoms. The van der Waals surface area contributed by atoms with Crippen LogP contribution in [-0.2, 0) is 0 Å². The summed E-state index contributed by atoms with van der Waals surface area (Å²) in [6.45, 7) is 2.03. The van der Waals surface area contributed by atoms with Gasteiger partial charge in [-0.25, -0.2) is 4.98 Å². The van der Waals surface area contributed by atoms with Crippen LogP contribution in [-0.4, -0.2) is 9.97 Å². The van der Waals surface area contributed by atoms with E-state index < -0.39 is 0 Å². The number of aromatic nitrogens is 2. The molecule has 0 unspecified atom stereocenters. The van der Waals surface area contributed by atoms with E-state index in [4.69, 9.17) is 11.5 Å². The van der Waals surface area contributed by atoms with Crippen molar-refractivity contribution in [2.75, 3.05) is 11.5 Å². The molecule has 2 heterocycles. The molecule has 0 spiro atoms. The van der Waals surface area contributed by atoms with Crippen LogP contribution in [0.4, 0.5) is 11.8 Å². The van der Waals surface area contributed by atoms with Crippen molar-refractivity contribution in [3.63, 3.8) is 0 Å². The minimum atomic E-state index is 0.216. The van der Waals surface area contributed by atoms with Gasteiger partial charge in [0, 0.05) is 6.07 Å². The Balaban J connectivity index is 2.57. The zero-order chi connectivity index (χ0) is 10.1. The molecular formula is C9H10N4S. The molecule has 0 aromatic carbocycles. The lowest BCUT2D eigenvalue weighted by Crippen LogP contribution is -2.00. The average Bonchev–Trinajstić information content (AvgIpc) is 2.49. The molecule has 2 rings (SSSR count). The second-order valence-corrected chi connectivity index (χ2v) is 3.89. The highest BCUT2D eigenvalue weighted by Crippen LogP contribution is 2.28. The summed E-state index contributed by atoms with van der Waals surface area (Å²) in [6.07, 6.45) is 0. The van der Waals surface area contributed by atoms with Gasteiger partial charge in [0.05, 0.1) is 10.6 Å². The summed E-state index contributed by atoms with van der Waals surface area (Å²) in [4.78, 5) is 9.05. The van der Waals surface area contributed by atoms with Gasteiger partial charge in [0.1, 0.15) is 5.82 Å². The molecule has 0 aliphatic heterocycles. The first kappa shape index (κ1) is 8.96. The second kappa shape index (κ2) is 3.26. The van der Waals surface area contributed by atoms with Crippen molar-refractivity contribution < 1.29 is 0 Å². The number of anilines is 2. The Morgan fingerprint density at radius 1 is 1.29 bits per heavy atom. The second-order valence-electron chi connectivity index (χ2n) is 2.97. The van der Waals surface area contributed by atoms with Gasteiger partial charge in [0.15, 0.2) is 0 Å². The number of nitrogens with two attached hydrogens (primary N) is 2. The molecule has 4 N–H and O–H groups in total. The summed E-state index contributed by atoms with van der Waals surface area (Å²) >= 11 is 1.62. The fourth-order valence-corrected chi connectivity index (χ4v) is 2.12. The number of rotatable bonds is 1. The van der Waals surface area contributed by atoms with Gasteiger partial charge >= 0.3 is 0 Å². The molecule has 2 aromatic heterocycles. The molecule has 5 heteroatoms. The summed E-state index contributed by atoms with van der Waals surface area (Å²) < 4.78 is 0. The fraction of sp³-hybridized carbons (Fsp3) is 0.111. The van der Waals surface area contributed by atoms with Crippen LogP contribution in [0.25, 0.3) is 10.6 Å². The number of nitrogens with zero attached hydrogens (tertiary/aromatic N) is 2. The maximum absolute atomic E-state index is 5.59. The maximum atomic E-state index is 5.59. The highest BCUT2D eigenvalue weighted by Gasteiger charge is 2.06. The van der Waals surface area contributed by atoms with Crippen molar-refractivity contribution >= 4 is 23.1 Å². The standard InChI is InChI=1S/C9H10N4S/c1-5-2-3-14-8(5)6-4-7(10)13-9(11)12-6/h2-4H,1H3,(H4,10,11,12,13). The van der Waals surface area contributed by atoms with Crippen LogP contribution in [0.15, 0.2) is 17.5 Å². The van der Waals surface area contributed by atoms with Crippen LogP contribution >= 0.6 is 11.3 Å². The van der Waals surface area contributed by atoms with Crippen molar-refractivity contribution in [1.82, 2.24) is 9.97 Å². The van der Waals surface area contributed by atoms with E-state index in [0.717, 1.165) is 10.6 Å². The highest BCUT2D eigenvalue weighted by molar-refractivity contribution is 7.13. The van der Waals surface area contributed by atoms with Gasteiger partial charge in [-0.3, -0.25) is 0 Å². The third kappa shape index (κ3) is 1.54. The predicted molar refractivity (Wildman–Crippen MR) is 58.9 cm³/mol. The van der Waals surface area contributed by atoms with Crippen LogP contribution in [0.1, 0.15) is 5.56 Å². The zero-order valence-electron chi connectivity index (χ0n) is 7.69. The normalized spacial score (nSPS) is 10.4. The van der Waals surface area contributed by atoms with E-state index in [0.29, 0.717) is 5.82 Å². The molecule has 0 amide bonds. The summed E-state index contributed by atoms with van der Waals surface area (Å²) in [5, 5.41) is 2.01. The predicted octanol–water partition coefficient (Wildman–Crippen LogP) is 1.68. The van der Waals surface area contributed by atoms with E-state index >= 15 is 0 Å². The molecule has 14 heavy (non-hydrogen) atoms. The molecule has 2 aromatic rings. The van der Waals surface area contributed by atoms with E-state index in [-0.39, 0.29) is 5.95 Å². The Hall–Kier alpha value is -1.62. The summed E-state index contributed by atoms with van der Waals surface area (Å²) in [5.74, 6) is 0.619. The van der Waals surface area contributed by atoms with Gasteiger partial charge in [-0.1, -0.05) is 0 Å². The Bertz CT molecular complexity index is 443. The first-order chi connectivity index (χ1) is 6.66. The summed E-state index contributed by atoms with van der Waals surface area (Å²) in [6, 6.07) is 3.77. The number of thiophene rings is 1. The first-order valence-electron chi connectivity index (χ1n) is 4.11. The van der Waals surface area contributed by atoms with Crippen molar-refractivity contribution in [2.45, 2.75) is 6.92 Å². The first-order valence-corrected chi connectivity index (χ1v) is 4.99. The number of nitrogen functional groups attached to an aromatic ring is 2. The van der Waals surface area contributed by atoms with E-state index in [2.05, 4.69) is 9.97 Å². The van der Waals surface area contributed by atoms with Crippen LogP contribution < -0.4 is 11.5 Å². The number of hydrogen-bond donors (Lipinski definition) is 2. The SMILES string of the molecule is Cc1ccsc1-c1cc(N)nc(N)n1. The lowest BCUT2D eigenvalue weighted by Gasteiger charge is -2.01. The minimum Gasteiger partial charge on any atom is -0.384 e. The third-order valence-corrected chi connectivity index (χ3v) is 2.90. The molecule has 0 saturated carbocycles. The van der Waals surface area contributed by atoms with Crippen molar-refractivity contribution in [2.24, 2.45) is 0 Å². The van der Waals surface area contributed by atoms with Crippen LogP contribution in [0, 0.1) is 6.92 Å². The smallest absolute Gasteiger partial charge is 0.222 e. The lowest BCUT2D eigenvalue weighted by atomic mass is 10.2. The summed E-state index contributed by atoms with van der Waals surface area (Å²) in [5.41, 5.74) is 13.1. The molecule has 4 nitrogen and oxygen atoms in total. The van der Waals surface area contributed by atoms with Crippen LogP contribution in [0.5, 0.6) is 0 Å². The molecular weight excluding hydrogens is 196 g/mol. The quantitative estimate of drug-likeness (QED) is 0.744. The Morgan fingerprint density at radius 3 is 2.64 bits per heavy atom. The Morgan fingerprint density at radius 2 is 2.07 bits per heavy atom. The molecule has 0 fully saturated rings. The largest absolute Gasteiger partial charge is 0.384 e. The van der Waals surface area contributed by atoms with Crippen molar-refractivity contribution in [3.05, 3.63) is 23.1 Å². The third-order valence-electron chi connectivity index (χ3n) is 1.86. The molecule has 0 radical (unpaired) electrons. The van der Waals surface area contributed by atoms with Gasteiger partial charge in [0.2, 0.25) is 5.95 Å². The molecule has 0 saturated heterocycles. The van der Waals surface area contributed by atoms with E-state index in [1.807, 2.05) is 18.4 Å². The van der Waals surface area contributed by atoms with Gasteiger partial charge in [0.25, 0.3) is 0 Å². The Labute approximate surface area is 85.6 Å². The maximum Gasteiger partial charge on any atom is 0.222 e. The summed E-state index contributed by atoms with van der Waals surface area (Å²) in [7, 11) is 0. The van der Waals surface area contributed by atoms with E-state index in [9.17, 15) is 0 Å². The monoisotopic (exact) mass is 206 g/mol. The molecule has 0 aliphatic carbocycles. The van der Waals surface area contributed by atoms with E-state index in [1.54, 1.807) is 17.4 Å².